The van der Waals surface area contributed by atoms with Gasteiger partial charge in [-0.05, 0) is 38.4 Å². The summed E-state index contributed by atoms with van der Waals surface area (Å²) in [4.78, 5) is 28.4. The summed E-state index contributed by atoms with van der Waals surface area (Å²) in [5, 5.41) is 4.49. The normalized spacial score (nSPS) is 16.3. The third kappa shape index (κ3) is 4.25. The van der Waals surface area contributed by atoms with Crippen LogP contribution in [-0.2, 0) is 22.7 Å². The zero-order valence-electron chi connectivity index (χ0n) is 23.2. The molecule has 2 aliphatic heterocycles. The summed E-state index contributed by atoms with van der Waals surface area (Å²) in [5.74, 6) is 0.880. The predicted octanol–water partition coefficient (Wildman–Crippen LogP) is 4.24. The van der Waals surface area contributed by atoms with Crippen LogP contribution in [-0.4, -0.2) is 72.9 Å². The molecule has 0 spiro atoms. The van der Waals surface area contributed by atoms with E-state index in [1.165, 1.54) is 11.6 Å². The van der Waals surface area contributed by atoms with Crippen LogP contribution >= 0.6 is 0 Å². The van der Waals surface area contributed by atoms with Crippen molar-refractivity contribution in [1.82, 2.24) is 19.4 Å². The van der Waals surface area contributed by atoms with Gasteiger partial charge in [0.2, 0.25) is 5.95 Å². The van der Waals surface area contributed by atoms with E-state index in [1.807, 2.05) is 45.4 Å². The van der Waals surface area contributed by atoms with E-state index in [1.54, 1.807) is 18.2 Å². The molecule has 0 saturated carbocycles. The second-order valence-electron chi connectivity index (χ2n) is 10.2. The summed E-state index contributed by atoms with van der Waals surface area (Å²) in [6.45, 7) is 6.42. The molecule has 1 N–H and O–H groups in total. The molecular formula is C30H33N7O3. The van der Waals surface area contributed by atoms with Gasteiger partial charge < -0.3 is 29.2 Å². The topological polar surface area (TPSA) is 88.0 Å². The molecule has 6 rings (SSSR count). The molecule has 2 aliphatic rings. The number of fused-ring (bicyclic) bond motifs is 4. The van der Waals surface area contributed by atoms with E-state index in [2.05, 4.69) is 49.4 Å². The van der Waals surface area contributed by atoms with Crippen molar-refractivity contribution in [3.05, 3.63) is 67.0 Å². The molecular weight excluding hydrogens is 506 g/mol. The molecule has 10 heteroatoms. The van der Waals surface area contributed by atoms with Crippen molar-refractivity contribution in [3.8, 4) is 17.0 Å². The number of amides is 1. The Kier molecular flexibility index (Phi) is 6.65. The third-order valence-corrected chi connectivity index (χ3v) is 7.56. The number of rotatable bonds is 7. The van der Waals surface area contributed by atoms with Gasteiger partial charge >= 0.3 is 0 Å². The van der Waals surface area contributed by atoms with Crippen molar-refractivity contribution >= 4 is 39.8 Å². The van der Waals surface area contributed by atoms with Gasteiger partial charge in [-0.1, -0.05) is 24.8 Å². The Morgan fingerprint density at radius 3 is 2.85 bits per heavy atom. The van der Waals surface area contributed by atoms with Gasteiger partial charge in [-0.3, -0.25) is 9.69 Å². The van der Waals surface area contributed by atoms with Crippen molar-refractivity contribution in [2.75, 3.05) is 56.5 Å². The molecule has 0 aliphatic carbocycles. The maximum atomic E-state index is 13.0. The number of hydrogen-bond donors (Lipinski definition) is 1. The summed E-state index contributed by atoms with van der Waals surface area (Å²) < 4.78 is 13.9. The fraction of sp³-hybridized carbons (Fsp3) is 0.300. The number of ether oxygens (including phenoxy) is 2. The van der Waals surface area contributed by atoms with Crippen LogP contribution in [0.15, 0.2) is 61.3 Å². The van der Waals surface area contributed by atoms with Crippen LogP contribution in [0.5, 0.6) is 5.75 Å². The Balaban J connectivity index is 1.41. The smallest absolute Gasteiger partial charge is 0.252 e. The number of methoxy groups -OCH3 is 1. The van der Waals surface area contributed by atoms with Crippen LogP contribution < -0.4 is 19.9 Å². The first kappa shape index (κ1) is 25.8. The van der Waals surface area contributed by atoms with Crippen molar-refractivity contribution in [2.24, 2.45) is 0 Å². The summed E-state index contributed by atoms with van der Waals surface area (Å²) >= 11 is 0. The average Bonchev–Trinajstić information content (AvgIpc) is 3.43. The number of likely N-dealkylation sites (N-methyl/N-ethyl adjacent to an activating group) is 2. The van der Waals surface area contributed by atoms with Gasteiger partial charge in [-0.25, -0.2) is 9.97 Å². The first-order valence-electron chi connectivity index (χ1n) is 13.2. The van der Waals surface area contributed by atoms with Crippen molar-refractivity contribution in [2.45, 2.75) is 19.3 Å². The third-order valence-electron chi connectivity index (χ3n) is 7.56. The van der Waals surface area contributed by atoms with Gasteiger partial charge in [0.15, 0.2) is 0 Å². The SMILES string of the molecule is C=CC(=O)N1c2cc(Nc3nccc(-c4c5n(c6ccccc46)CCOC5)n3)c(OC)cc2N(C)C1CN(C)C. The van der Waals surface area contributed by atoms with Crippen molar-refractivity contribution < 1.29 is 14.3 Å². The minimum absolute atomic E-state index is 0.167. The number of aromatic nitrogens is 3. The second kappa shape index (κ2) is 10.3. The molecule has 0 radical (unpaired) electrons. The Morgan fingerprint density at radius 1 is 1.25 bits per heavy atom. The zero-order chi connectivity index (χ0) is 28.0. The van der Waals surface area contributed by atoms with Gasteiger partial charge in [0, 0.05) is 48.9 Å². The van der Waals surface area contributed by atoms with E-state index >= 15 is 0 Å². The van der Waals surface area contributed by atoms with Crippen LogP contribution in [0.1, 0.15) is 5.69 Å². The molecule has 1 amide bonds. The minimum atomic E-state index is -0.188. The van der Waals surface area contributed by atoms with E-state index in [4.69, 9.17) is 14.5 Å². The number of carbonyl (C=O) groups excluding carboxylic acids is 1. The Hall–Kier alpha value is -4.41. The summed E-state index contributed by atoms with van der Waals surface area (Å²) in [5.41, 5.74) is 6.47. The highest BCUT2D eigenvalue weighted by Gasteiger charge is 2.38. The standard InChI is InChI=1S/C30H33N7O3/c1-6-28(38)37-24-15-21(26(39-5)16-23(24)35(4)27(37)17-34(2)3)33-30-31-12-11-20(32-30)29-19-9-7-8-10-22(19)36-13-14-40-18-25(29)36/h6-12,15-16,27H,1,13-14,17-18H2,2-5H3,(H,31,32,33). The van der Waals surface area contributed by atoms with Crippen LogP contribution in [0.25, 0.3) is 22.2 Å². The van der Waals surface area contributed by atoms with E-state index in [0.717, 1.165) is 40.3 Å². The van der Waals surface area contributed by atoms with Crippen LogP contribution in [0.4, 0.5) is 23.0 Å². The van der Waals surface area contributed by atoms with Gasteiger partial charge in [-0.15, -0.1) is 0 Å². The lowest BCUT2D eigenvalue weighted by Gasteiger charge is -2.30. The lowest BCUT2D eigenvalue weighted by Crippen LogP contribution is -2.49. The molecule has 4 aromatic rings. The molecule has 1 atom stereocenters. The number of hydrogen-bond acceptors (Lipinski definition) is 8. The van der Waals surface area contributed by atoms with E-state index < -0.39 is 0 Å². The van der Waals surface area contributed by atoms with E-state index in [-0.39, 0.29) is 12.1 Å². The maximum Gasteiger partial charge on any atom is 0.252 e. The highest BCUT2D eigenvalue weighted by atomic mass is 16.5. The second-order valence-corrected chi connectivity index (χ2v) is 10.2. The molecule has 0 fully saturated rings. The number of anilines is 4. The molecule has 206 valence electrons. The van der Waals surface area contributed by atoms with E-state index in [0.29, 0.717) is 37.1 Å². The largest absolute Gasteiger partial charge is 0.494 e. The van der Waals surface area contributed by atoms with Crippen molar-refractivity contribution in [1.29, 1.82) is 0 Å². The molecule has 1 unspecified atom stereocenters. The van der Waals surface area contributed by atoms with Gasteiger partial charge in [0.05, 0.1) is 48.8 Å². The predicted molar refractivity (Wildman–Crippen MR) is 157 cm³/mol. The number of carbonyl (C=O) groups is 1. The fourth-order valence-electron chi connectivity index (χ4n) is 5.74. The fourth-order valence-corrected chi connectivity index (χ4v) is 5.74. The molecule has 2 aromatic heterocycles. The number of nitrogens with zero attached hydrogens (tertiary/aromatic N) is 6. The lowest BCUT2D eigenvalue weighted by molar-refractivity contribution is -0.114. The monoisotopic (exact) mass is 539 g/mol. The summed E-state index contributed by atoms with van der Waals surface area (Å²) in [6, 6.07) is 14.2. The highest BCUT2D eigenvalue weighted by molar-refractivity contribution is 6.07. The van der Waals surface area contributed by atoms with Crippen LogP contribution in [0.2, 0.25) is 0 Å². The summed E-state index contributed by atoms with van der Waals surface area (Å²) in [6.07, 6.45) is 2.91. The number of para-hydroxylation sites is 1. The first-order valence-corrected chi connectivity index (χ1v) is 13.2. The van der Waals surface area contributed by atoms with Gasteiger partial charge in [-0.2, -0.15) is 0 Å². The molecule has 0 saturated heterocycles. The first-order chi connectivity index (χ1) is 19.4. The van der Waals surface area contributed by atoms with Gasteiger partial charge in [0.25, 0.3) is 5.91 Å². The minimum Gasteiger partial charge on any atom is -0.494 e. The summed E-state index contributed by atoms with van der Waals surface area (Å²) in [7, 11) is 7.59. The Bertz CT molecular complexity index is 1610. The Labute approximate surface area is 233 Å². The molecule has 2 aromatic carbocycles. The molecule has 10 nitrogen and oxygen atoms in total. The molecule has 40 heavy (non-hydrogen) atoms. The van der Waals surface area contributed by atoms with Crippen LogP contribution in [0, 0.1) is 0 Å². The Morgan fingerprint density at radius 2 is 2.08 bits per heavy atom. The zero-order valence-corrected chi connectivity index (χ0v) is 23.2. The maximum absolute atomic E-state index is 13.0. The number of benzene rings is 2. The van der Waals surface area contributed by atoms with Gasteiger partial charge in [0.1, 0.15) is 11.9 Å². The van der Waals surface area contributed by atoms with Crippen LogP contribution in [0.3, 0.4) is 0 Å². The van der Waals surface area contributed by atoms with Crippen molar-refractivity contribution in [3.63, 3.8) is 0 Å². The lowest BCUT2D eigenvalue weighted by atomic mass is 10.1. The van der Waals surface area contributed by atoms with E-state index in [9.17, 15) is 4.79 Å². The quantitative estimate of drug-likeness (QED) is 0.349. The highest BCUT2D eigenvalue weighted by Crippen LogP contribution is 2.45. The number of nitrogens with one attached hydrogen (secondary N) is 1. The molecule has 0 bridgehead atoms. The molecule has 4 heterocycles. The average molecular weight is 540 g/mol.